The number of hydrogen-bond donors (Lipinski definition) is 1. The fourth-order valence-electron chi connectivity index (χ4n) is 9.94. The van der Waals surface area contributed by atoms with Crippen LogP contribution in [0.3, 0.4) is 0 Å². The number of hydrogen-bond acceptors (Lipinski definition) is 11. The van der Waals surface area contributed by atoms with Crippen molar-refractivity contribution in [3.63, 3.8) is 0 Å². The Morgan fingerprint density at radius 2 is 0.663 bits per heavy atom. The van der Waals surface area contributed by atoms with Gasteiger partial charge in [0.1, 0.15) is 23.0 Å². The van der Waals surface area contributed by atoms with Crippen LogP contribution < -0.4 is 14.2 Å². The van der Waals surface area contributed by atoms with Crippen LogP contribution in [-0.2, 0) is 26.5 Å². The zero-order valence-electron chi connectivity index (χ0n) is 55.3. The number of halogens is 1. The predicted octanol–water partition coefficient (Wildman–Crippen LogP) is 20.8. The molecule has 0 spiro atoms. The van der Waals surface area contributed by atoms with Gasteiger partial charge in [-0.25, -0.2) is 29.9 Å². The number of nitrogens with zero attached hydrogens (tertiary/aromatic N) is 6. The molecule has 0 aliphatic heterocycles. The fourth-order valence-corrected chi connectivity index (χ4v) is 9.94. The first kappa shape index (κ1) is 71.9. The van der Waals surface area contributed by atoms with Gasteiger partial charge in [0.15, 0.2) is 34.9 Å². The van der Waals surface area contributed by atoms with Crippen LogP contribution >= 0.6 is 0 Å². The molecule has 0 saturated carbocycles. The third-order valence-corrected chi connectivity index (χ3v) is 15.5. The topological polar surface area (TPSA) is 142 Å². The van der Waals surface area contributed by atoms with E-state index in [1.54, 1.807) is 12.1 Å². The molecule has 8 rings (SSSR count). The summed E-state index contributed by atoms with van der Waals surface area (Å²) in [6.07, 6.45) is 14.3. The molecule has 8 aromatic rings. The van der Waals surface area contributed by atoms with Crippen molar-refractivity contribution < 1.29 is 28.8 Å². The number of phenols is 1. The highest BCUT2D eigenvalue weighted by Gasteiger charge is 2.22. The number of benzene rings is 6. The molecule has 2 heterocycles. The molecule has 0 fully saturated rings. The van der Waals surface area contributed by atoms with Crippen LogP contribution in [0.25, 0.3) is 68.3 Å². The maximum atomic E-state index is 12.2. The molecule has 12 heteroatoms. The number of rotatable bonds is 23. The molecule has 6 aromatic carbocycles. The Morgan fingerprint density at radius 3 is 0.966 bits per heavy atom. The molecule has 0 unspecified atom stereocenters. The van der Waals surface area contributed by atoms with Crippen molar-refractivity contribution in [1.29, 1.82) is 0 Å². The van der Waals surface area contributed by atoms with Gasteiger partial charge >= 0.3 is 5.97 Å². The van der Waals surface area contributed by atoms with Crippen molar-refractivity contribution in [3.05, 3.63) is 156 Å². The highest BCUT2D eigenvalue weighted by atomic mass is 19.0. The molecule has 476 valence electrons. The normalized spacial score (nSPS) is 11.6. The molecular formula is C77H101FN6O5. The van der Waals surface area contributed by atoms with E-state index in [9.17, 15) is 9.90 Å². The van der Waals surface area contributed by atoms with Crippen molar-refractivity contribution in [3.8, 4) is 91.3 Å². The van der Waals surface area contributed by atoms with Crippen LogP contribution in [0.5, 0.6) is 23.0 Å². The zero-order valence-corrected chi connectivity index (χ0v) is 55.3. The molecule has 0 radical (unpaired) electrons. The highest BCUT2D eigenvalue weighted by molar-refractivity contribution is 5.77. The highest BCUT2D eigenvalue weighted by Crippen LogP contribution is 2.37. The van der Waals surface area contributed by atoms with Gasteiger partial charge in [-0.3, -0.25) is 9.50 Å². The summed E-state index contributed by atoms with van der Waals surface area (Å²) in [5.41, 5.74) is 9.81. The van der Waals surface area contributed by atoms with Crippen LogP contribution in [0, 0.1) is 0 Å². The van der Waals surface area contributed by atoms with Crippen LogP contribution in [0.1, 0.15) is 211 Å². The summed E-state index contributed by atoms with van der Waals surface area (Å²) in [5, 5.41) is 11.0. The predicted molar refractivity (Wildman–Crippen MR) is 367 cm³/mol. The summed E-state index contributed by atoms with van der Waals surface area (Å²) in [4.78, 5) is 41.4. The number of ether oxygens (including phenoxy) is 3. The summed E-state index contributed by atoms with van der Waals surface area (Å²) < 4.78 is 17.7. The number of unbranched alkanes of at least 4 members (excludes halogenated alkanes) is 10. The molecule has 0 saturated heterocycles. The van der Waals surface area contributed by atoms with E-state index in [0.29, 0.717) is 76.5 Å². The second-order valence-corrected chi connectivity index (χ2v) is 27.1. The largest absolute Gasteiger partial charge is 0.507 e. The van der Waals surface area contributed by atoms with Gasteiger partial charge in [0, 0.05) is 41.3 Å². The Hall–Kier alpha value is -7.86. The molecule has 0 atom stereocenters. The Labute approximate surface area is 532 Å². The van der Waals surface area contributed by atoms with Gasteiger partial charge in [-0.15, -0.1) is 0 Å². The van der Waals surface area contributed by atoms with E-state index in [4.69, 9.17) is 44.1 Å². The molecule has 1 N–H and O–H groups in total. The molecule has 11 nitrogen and oxygen atoms in total. The molecule has 0 aliphatic carbocycles. The SMILES string of the molecule is C.CCCCCCCCOc1ccc(-c2nc(-c3ccc(C(C)(C)C)cc3)nc(-c3ccc(C(C)(C)C)cc3)n2)c(O)c1.CCCCCCCCOc1ccc(-c2nc(-c3ccc(C(C)(C)C)cc3)nc(-c3ccc(C(C)(C)C)cc3)n2)c(OC(C)=O)c1.F. The Bertz CT molecular complexity index is 3330. The van der Waals surface area contributed by atoms with Gasteiger partial charge in [-0.1, -0.05) is 266 Å². The first-order valence-electron chi connectivity index (χ1n) is 31.7. The molecule has 0 amide bonds. The second-order valence-electron chi connectivity index (χ2n) is 27.1. The van der Waals surface area contributed by atoms with Gasteiger partial charge in [0.25, 0.3) is 0 Å². The number of aromatic hydroxyl groups is 1. The maximum Gasteiger partial charge on any atom is 0.308 e. The maximum absolute atomic E-state index is 12.2. The van der Waals surface area contributed by atoms with Gasteiger partial charge < -0.3 is 19.3 Å². The molecule has 2 aromatic heterocycles. The minimum Gasteiger partial charge on any atom is -0.507 e. The van der Waals surface area contributed by atoms with Crippen molar-refractivity contribution in [2.75, 3.05) is 13.2 Å². The number of esters is 1. The lowest BCUT2D eigenvalue weighted by Gasteiger charge is -2.19. The van der Waals surface area contributed by atoms with Crippen molar-refractivity contribution >= 4 is 5.97 Å². The number of carbonyl (C=O) groups excluding carboxylic acids is 1. The van der Waals surface area contributed by atoms with E-state index in [1.165, 1.54) is 80.5 Å². The van der Waals surface area contributed by atoms with Crippen molar-refractivity contribution in [1.82, 2.24) is 29.9 Å². The number of phenolic OH excluding ortho intramolecular Hbond substituents is 1. The number of aromatic nitrogens is 6. The third-order valence-electron chi connectivity index (χ3n) is 15.5. The lowest BCUT2D eigenvalue weighted by Crippen LogP contribution is -2.11. The molecular weight excluding hydrogens is 1110 g/mol. The van der Waals surface area contributed by atoms with E-state index in [2.05, 4.69) is 194 Å². The molecule has 89 heavy (non-hydrogen) atoms. The summed E-state index contributed by atoms with van der Waals surface area (Å²) in [6.45, 7) is 33.5. The van der Waals surface area contributed by atoms with Crippen LogP contribution in [0.4, 0.5) is 4.70 Å². The van der Waals surface area contributed by atoms with E-state index >= 15 is 0 Å². The summed E-state index contributed by atoms with van der Waals surface area (Å²) in [7, 11) is 0. The monoisotopic (exact) mass is 1210 g/mol. The Morgan fingerprint density at radius 1 is 0.382 bits per heavy atom. The lowest BCUT2D eigenvalue weighted by molar-refractivity contribution is -0.131. The first-order valence-corrected chi connectivity index (χ1v) is 31.7. The van der Waals surface area contributed by atoms with Crippen molar-refractivity contribution in [2.45, 2.75) is 210 Å². The lowest BCUT2D eigenvalue weighted by atomic mass is 9.86. The number of carbonyl (C=O) groups is 1. The zero-order chi connectivity index (χ0) is 62.9. The van der Waals surface area contributed by atoms with Crippen LogP contribution in [0.15, 0.2) is 133 Å². The summed E-state index contributed by atoms with van der Waals surface area (Å²) in [6, 6.07) is 44.3. The summed E-state index contributed by atoms with van der Waals surface area (Å²) in [5.74, 6) is 4.40. The summed E-state index contributed by atoms with van der Waals surface area (Å²) >= 11 is 0. The van der Waals surface area contributed by atoms with Gasteiger partial charge in [0.05, 0.1) is 24.3 Å². The molecule has 0 bridgehead atoms. The third kappa shape index (κ3) is 21.1. The Balaban J connectivity index is 0.000000317. The van der Waals surface area contributed by atoms with E-state index < -0.39 is 5.97 Å². The standard InChI is InChI=1S/C39H49N3O3.C37H47N3O2.CH4.FH/c1-9-10-11-12-13-14-25-44-32-23-24-33(34(26-32)45-27(2)43)37-41-35(28-15-19-30(20-16-28)38(3,4)5)40-36(42-37)29-17-21-31(22-18-29)39(6,7)8;1-8-9-10-11-12-13-24-42-30-22-23-31(32(41)25-30)35-39-33(26-14-18-28(19-15-26)36(2,3)4)38-34(40-35)27-16-20-29(21-17-27)37(5,6)7;;/h15-24,26H,9-14,25H2,1-8H3;14-23,25,41H,8-13,24H2,1-7H3;1H4;1H. The van der Waals surface area contributed by atoms with Crippen LogP contribution in [-0.4, -0.2) is 54.2 Å². The minimum absolute atomic E-state index is 0. The van der Waals surface area contributed by atoms with Crippen LogP contribution in [0.2, 0.25) is 0 Å². The quantitative estimate of drug-likeness (QED) is 0.0371. The first-order chi connectivity index (χ1) is 41.3. The molecule has 0 aliphatic rings. The fraction of sp³-hybridized carbons (Fsp3) is 0.442. The average Bonchev–Trinajstić information content (AvgIpc) is 2.09. The van der Waals surface area contributed by atoms with Gasteiger partial charge in [-0.2, -0.15) is 0 Å². The van der Waals surface area contributed by atoms with Gasteiger partial charge in [0.2, 0.25) is 0 Å². The Kier molecular flexibility index (Phi) is 26.3. The van der Waals surface area contributed by atoms with Crippen molar-refractivity contribution in [2.24, 2.45) is 0 Å². The van der Waals surface area contributed by atoms with Gasteiger partial charge in [-0.05, 0) is 81.0 Å². The van der Waals surface area contributed by atoms with E-state index in [1.807, 2.05) is 24.3 Å². The van der Waals surface area contributed by atoms with E-state index in [-0.39, 0.29) is 39.5 Å². The second kappa shape index (κ2) is 32.6. The average molecular weight is 1210 g/mol. The smallest absolute Gasteiger partial charge is 0.308 e. The van der Waals surface area contributed by atoms with E-state index in [0.717, 1.165) is 47.9 Å². The minimum atomic E-state index is -0.422.